The van der Waals surface area contributed by atoms with Crippen LogP contribution in [0.3, 0.4) is 0 Å². The summed E-state index contributed by atoms with van der Waals surface area (Å²) in [6, 6.07) is 6.34. The van der Waals surface area contributed by atoms with E-state index >= 15 is 0 Å². The lowest BCUT2D eigenvalue weighted by molar-refractivity contribution is -0.131. The van der Waals surface area contributed by atoms with Gasteiger partial charge in [-0.1, -0.05) is 23.7 Å². The number of amides is 2. The van der Waals surface area contributed by atoms with E-state index in [-0.39, 0.29) is 11.8 Å². The van der Waals surface area contributed by atoms with Crippen LogP contribution in [0, 0.1) is 0 Å². The molecule has 1 aromatic rings. The molecule has 124 valence electrons. The third-order valence-electron chi connectivity index (χ3n) is 4.14. The first-order chi connectivity index (χ1) is 11.2. The van der Waals surface area contributed by atoms with Gasteiger partial charge in [-0.3, -0.25) is 9.59 Å². The molecule has 2 fully saturated rings. The number of anilines is 1. The summed E-state index contributed by atoms with van der Waals surface area (Å²) >= 11 is 6.19. The number of carbonyl (C=O) groups excluding carboxylic acids is 2. The Labute approximate surface area is 140 Å². The third kappa shape index (κ3) is 3.65. The third-order valence-corrected chi connectivity index (χ3v) is 4.46. The van der Waals surface area contributed by atoms with Gasteiger partial charge in [0.05, 0.1) is 23.9 Å². The van der Waals surface area contributed by atoms with Gasteiger partial charge in [0.15, 0.2) is 0 Å². The van der Waals surface area contributed by atoms with Crippen molar-refractivity contribution in [2.75, 3.05) is 31.2 Å². The highest BCUT2D eigenvalue weighted by molar-refractivity contribution is 6.33. The number of morpholine rings is 1. The summed E-state index contributed by atoms with van der Waals surface area (Å²) in [6.45, 7) is 2.19. The molecule has 6 nitrogen and oxygen atoms in total. The Bertz CT molecular complexity index is 590. The molecule has 0 aromatic heterocycles. The molecule has 0 aliphatic carbocycles. The van der Waals surface area contributed by atoms with Gasteiger partial charge in [-0.15, -0.1) is 0 Å². The van der Waals surface area contributed by atoms with Crippen molar-refractivity contribution >= 4 is 29.1 Å². The Morgan fingerprint density at radius 2 is 2.22 bits per heavy atom. The first kappa shape index (κ1) is 16.2. The highest BCUT2D eigenvalue weighted by atomic mass is 35.5. The average molecular weight is 338 g/mol. The van der Waals surface area contributed by atoms with E-state index in [0.29, 0.717) is 43.4 Å². The van der Waals surface area contributed by atoms with Gasteiger partial charge in [0.2, 0.25) is 11.8 Å². The minimum atomic E-state index is -0.517. The van der Waals surface area contributed by atoms with Gasteiger partial charge < -0.3 is 20.3 Å². The Kier molecular flexibility index (Phi) is 5.15. The van der Waals surface area contributed by atoms with Gasteiger partial charge in [-0.2, -0.15) is 0 Å². The average Bonchev–Trinajstić information content (AvgIpc) is 2.58. The quantitative estimate of drug-likeness (QED) is 0.861. The van der Waals surface area contributed by atoms with Crippen molar-refractivity contribution in [3.05, 3.63) is 29.3 Å². The number of nitrogens with zero attached hydrogens (tertiary/aromatic N) is 1. The second-order valence-corrected chi connectivity index (χ2v) is 6.13. The maximum absolute atomic E-state index is 12.7. The lowest BCUT2D eigenvalue weighted by Gasteiger charge is -2.34. The van der Waals surface area contributed by atoms with Crippen LogP contribution >= 0.6 is 11.6 Å². The zero-order valence-electron chi connectivity index (χ0n) is 12.8. The highest BCUT2D eigenvalue weighted by Crippen LogP contribution is 2.28. The number of piperidine rings is 1. The van der Waals surface area contributed by atoms with Crippen LogP contribution in [-0.4, -0.2) is 50.2 Å². The Morgan fingerprint density at radius 1 is 1.39 bits per heavy atom. The number of carbonyl (C=O) groups is 2. The number of hydrogen-bond acceptors (Lipinski definition) is 4. The molecule has 2 heterocycles. The molecule has 7 heteroatoms. The van der Waals surface area contributed by atoms with Crippen molar-refractivity contribution in [2.24, 2.45) is 0 Å². The molecule has 0 spiro atoms. The smallest absolute Gasteiger partial charge is 0.249 e. The number of para-hydroxylation sites is 1. The van der Waals surface area contributed by atoms with Gasteiger partial charge in [-0.05, 0) is 25.0 Å². The fourth-order valence-electron chi connectivity index (χ4n) is 2.93. The molecule has 2 amide bonds. The predicted octanol–water partition coefficient (Wildman–Crippen LogP) is 0.940. The maximum Gasteiger partial charge on any atom is 0.249 e. The zero-order chi connectivity index (χ0) is 16.2. The lowest BCUT2D eigenvalue weighted by atomic mass is 10.0. The van der Waals surface area contributed by atoms with Gasteiger partial charge in [0.1, 0.15) is 12.1 Å². The summed E-state index contributed by atoms with van der Waals surface area (Å²) in [5, 5.41) is 6.47. The van der Waals surface area contributed by atoms with E-state index in [1.54, 1.807) is 11.0 Å². The summed E-state index contributed by atoms with van der Waals surface area (Å²) in [5.41, 5.74) is 0.692. The number of hydrogen-bond donors (Lipinski definition) is 2. The van der Waals surface area contributed by atoms with Crippen LogP contribution in [0.2, 0.25) is 5.02 Å². The van der Waals surface area contributed by atoms with Crippen LogP contribution in [0.1, 0.15) is 12.8 Å². The summed E-state index contributed by atoms with van der Waals surface area (Å²) in [4.78, 5) is 26.6. The predicted molar refractivity (Wildman–Crippen MR) is 87.6 cm³/mol. The SMILES string of the molecule is O=C(NC1CCCN(c2ccccc2Cl)C1=O)C1COCCN1. The number of nitrogens with one attached hydrogen (secondary N) is 2. The van der Waals surface area contributed by atoms with Crippen molar-refractivity contribution in [1.82, 2.24) is 10.6 Å². The van der Waals surface area contributed by atoms with E-state index < -0.39 is 12.1 Å². The highest BCUT2D eigenvalue weighted by Gasteiger charge is 2.33. The summed E-state index contributed by atoms with van der Waals surface area (Å²) in [6.07, 6.45) is 1.45. The first-order valence-electron chi connectivity index (χ1n) is 7.84. The van der Waals surface area contributed by atoms with Crippen molar-refractivity contribution in [3.8, 4) is 0 Å². The van der Waals surface area contributed by atoms with Gasteiger partial charge in [-0.25, -0.2) is 0 Å². The molecule has 0 bridgehead atoms. The molecule has 0 radical (unpaired) electrons. The monoisotopic (exact) mass is 337 g/mol. The minimum Gasteiger partial charge on any atom is -0.378 e. The first-order valence-corrected chi connectivity index (χ1v) is 8.22. The number of benzene rings is 1. The second-order valence-electron chi connectivity index (χ2n) is 5.73. The van der Waals surface area contributed by atoms with Crippen molar-refractivity contribution in [2.45, 2.75) is 24.9 Å². The molecule has 2 atom stereocenters. The molecule has 2 unspecified atom stereocenters. The van der Waals surface area contributed by atoms with E-state index in [0.717, 1.165) is 6.42 Å². The number of halogens is 1. The normalized spacial score (nSPS) is 25.3. The molecular weight excluding hydrogens is 318 g/mol. The molecule has 1 aromatic carbocycles. The summed E-state index contributed by atoms with van der Waals surface area (Å²) < 4.78 is 5.29. The zero-order valence-corrected chi connectivity index (χ0v) is 13.5. The lowest BCUT2D eigenvalue weighted by Crippen LogP contribution is -2.58. The standard InChI is InChI=1S/C16H20ClN3O3/c17-11-4-1-2-6-14(11)20-8-3-5-12(16(20)22)19-15(21)13-10-23-9-7-18-13/h1-2,4,6,12-13,18H,3,5,7-10H2,(H,19,21). The Morgan fingerprint density at radius 3 is 2.96 bits per heavy atom. The van der Waals surface area contributed by atoms with E-state index in [1.165, 1.54) is 0 Å². The summed E-state index contributed by atoms with van der Waals surface area (Å²) in [5.74, 6) is -0.307. The van der Waals surface area contributed by atoms with Crippen molar-refractivity contribution in [1.29, 1.82) is 0 Å². The maximum atomic E-state index is 12.7. The molecule has 23 heavy (non-hydrogen) atoms. The fraction of sp³-hybridized carbons (Fsp3) is 0.500. The van der Waals surface area contributed by atoms with E-state index in [1.807, 2.05) is 18.2 Å². The molecule has 2 saturated heterocycles. The number of ether oxygens (including phenoxy) is 1. The Balaban J connectivity index is 1.67. The molecule has 2 aliphatic heterocycles. The van der Waals surface area contributed by atoms with Gasteiger partial charge in [0, 0.05) is 13.1 Å². The molecule has 2 N–H and O–H groups in total. The van der Waals surface area contributed by atoms with Gasteiger partial charge >= 0.3 is 0 Å². The van der Waals surface area contributed by atoms with Crippen molar-refractivity contribution in [3.63, 3.8) is 0 Å². The van der Waals surface area contributed by atoms with Crippen LogP contribution < -0.4 is 15.5 Å². The largest absolute Gasteiger partial charge is 0.378 e. The molecule has 0 saturated carbocycles. The molecule has 3 rings (SSSR count). The van der Waals surface area contributed by atoms with Crippen LogP contribution in [0.5, 0.6) is 0 Å². The van der Waals surface area contributed by atoms with E-state index in [2.05, 4.69) is 10.6 Å². The Hall–Kier alpha value is -1.63. The fourth-order valence-corrected chi connectivity index (χ4v) is 3.16. The van der Waals surface area contributed by atoms with Gasteiger partial charge in [0.25, 0.3) is 0 Å². The number of rotatable bonds is 3. The van der Waals surface area contributed by atoms with E-state index in [4.69, 9.17) is 16.3 Å². The molecular formula is C16H20ClN3O3. The van der Waals surface area contributed by atoms with Crippen LogP contribution in [0.15, 0.2) is 24.3 Å². The topological polar surface area (TPSA) is 70.7 Å². The van der Waals surface area contributed by atoms with Crippen LogP contribution in [0.25, 0.3) is 0 Å². The van der Waals surface area contributed by atoms with Crippen molar-refractivity contribution < 1.29 is 14.3 Å². The van der Waals surface area contributed by atoms with E-state index in [9.17, 15) is 9.59 Å². The van der Waals surface area contributed by atoms with Crippen LogP contribution in [0.4, 0.5) is 5.69 Å². The second kappa shape index (κ2) is 7.29. The minimum absolute atomic E-state index is 0.116. The summed E-state index contributed by atoms with van der Waals surface area (Å²) in [7, 11) is 0. The molecule has 2 aliphatic rings. The van der Waals surface area contributed by atoms with Crippen LogP contribution in [-0.2, 0) is 14.3 Å².